The lowest BCUT2D eigenvalue weighted by Crippen LogP contribution is -1.94. The van der Waals surface area contributed by atoms with E-state index < -0.39 is 0 Å². The second-order valence-corrected chi connectivity index (χ2v) is 5.01. The molecule has 2 aromatic rings. The van der Waals surface area contributed by atoms with Crippen LogP contribution in [-0.4, -0.2) is 6.54 Å². The molecule has 2 aromatic carbocycles. The molecule has 1 atom stereocenters. The van der Waals surface area contributed by atoms with E-state index >= 15 is 0 Å². The second-order valence-electron chi connectivity index (χ2n) is 4.17. The lowest BCUT2D eigenvalue weighted by molar-refractivity contribution is 1.13. The van der Waals surface area contributed by atoms with Gasteiger partial charge < -0.3 is 4.90 Å². The van der Waals surface area contributed by atoms with Crippen molar-refractivity contribution in [2.24, 2.45) is 0 Å². The topological polar surface area (TPSA) is 3.01 Å². The number of nitrogens with zero attached hydrogens (tertiary/aromatic N) is 1. The summed E-state index contributed by atoms with van der Waals surface area (Å²) >= 11 is 12.1. The SMILES string of the molecule is Clc1ccc(N2C[C@H]2c2ccccc2Cl)cc1. The van der Waals surface area contributed by atoms with Crippen molar-refractivity contribution in [2.45, 2.75) is 6.04 Å². The number of anilines is 1. The van der Waals surface area contributed by atoms with Crippen LogP contribution in [0, 0.1) is 0 Å². The summed E-state index contributed by atoms with van der Waals surface area (Å²) in [5.41, 5.74) is 2.39. The van der Waals surface area contributed by atoms with E-state index in [0.29, 0.717) is 6.04 Å². The summed E-state index contributed by atoms with van der Waals surface area (Å²) in [5, 5.41) is 1.61. The summed E-state index contributed by atoms with van der Waals surface area (Å²) in [5.74, 6) is 0. The standard InChI is InChI=1S/C14H11Cl2N/c15-10-5-7-11(8-6-10)17-9-14(17)12-3-1-2-4-13(12)16/h1-8,14H,9H2/t14-,17?/m0/s1. The van der Waals surface area contributed by atoms with Gasteiger partial charge in [0.25, 0.3) is 0 Å². The highest BCUT2D eigenvalue weighted by Gasteiger charge is 2.36. The summed E-state index contributed by atoms with van der Waals surface area (Å²) in [6, 6.07) is 16.3. The Morgan fingerprint density at radius 1 is 0.941 bits per heavy atom. The molecule has 1 nitrogen and oxygen atoms in total. The highest BCUT2D eigenvalue weighted by molar-refractivity contribution is 6.31. The fraction of sp³-hybridized carbons (Fsp3) is 0.143. The van der Waals surface area contributed by atoms with Crippen molar-refractivity contribution in [2.75, 3.05) is 11.4 Å². The van der Waals surface area contributed by atoms with Crippen molar-refractivity contribution in [3.63, 3.8) is 0 Å². The first-order chi connectivity index (χ1) is 8.25. The van der Waals surface area contributed by atoms with Gasteiger partial charge >= 0.3 is 0 Å². The third-order valence-corrected chi connectivity index (χ3v) is 3.63. The zero-order chi connectivity index (χ0) is 11.8. The van der Waals surface area contributed by atoms with Gasteiger partial charge in [0.05, 0.1) is 6.04 Å². The Kier molecular flexibility index (Phi) is 2.73. The molecule has 0 aliphatic carbocycles. The van der Waals surface area contributed by atoms with Crippen LogP contribution in [0.25, 0.3) is 0 Å². The summed E-state index contributed by atoms with van der Waals surface area (Å²) in [6.45, 7) is 1.02. The molecule has 86 valence electrons. The normalized spacial score (nSPS) is 18.2. The summed E-state index contributed by atoms with van der Waals surface area (Å²) in [6.07, 6.45) is 0. The number of rotatable bonds is 2. The highest BCUT2D eigenvalue weighted by Crippen LogP contribution is 2.42. The molecule has 0 bridgehead atoms. The first kappa shape index (κ1) is 10.9. The van der Waals surface area contributed by atoms with Gasteiger partial charge in [-0.1, -0.05) is 41.4 Å². The fourth-order valence-corrected chi connectivity index (χ4v) is 2.46. The maximum absolute atomic E-state index is 6.19. The molecule has 1 heterocycles. The molecule has 3 heteroatoms. The smallest absolute Gasteiger partial charge is 0.0733 e. The molecule has 1 aliphatic heterocycles. The Morgan fingerprint density at radius 2 is 1.65 bits per heavy atom. The van der Waals surface area contributed by atoms with Gasteiger partial charge in [0, 0.05) is 22.3 Å². The molecule has 0 unspecified atom stereocenters. The van der Waals surface area contributed by atoms with E-state index in [1.165, 1.54) is 11.3 Å². The zero-order valence-corrected chi connectivity index (χ0v) is 10.6. The van der Waals surface area contributed by atoms with Crippen molar-refractivity contribution in [3.8, 4) is 0 Å². The Balaban J connectivity index is 1.83. The highest BCUT2D eigenvalue weighted by atomic mass is 35.5. The molecule has 0 aromatic heterocycles. The van der Waals surface area contributed by atoms with E-state index in [-0.39, 0.29) is 0 Å². The van der Waals surface area contributed by atoms with Gasteiger partial charge in [0.1, 0.15) is 0 Å². The van der Waals surface area contributed by atoms with Crippen LogP contribution in [-0.2, 0) is 0 Å². The minimum absolute atomic E-state index is 0.407. The Hall–Kier alpha value is -1.18. The predicted octanol–water partition coefficient (Wildman–Crippen LogP) is 4.55. The third-order valence-electron chi connectivity index (χ3n) is 3.03. The van der Waals surface area contributed by atoms with Crippen molar-refractivity contribution < 1.29 is 0 Å². The fourth-order valence-electron chi connectivity index (χ4n) is 2.07. The molecule has 1 fully saturated rings. The van der Waals surface area contributed by atoms with Crippen LogP contribution < -0.4 is 4.90 Å². The second kappa shape index (κ2) is 4.25. The van der Waals surface area contributed by atoms with E-state index in [0.717, 1.165) is 16.6 Å². The lowest BCUT2D eigenvalue weighted by Gasteiger charge is -2.07. The molecule has 1 aliphatic rings. The molecule has 0 N–H and O–H groups in total. The van der Waals surface area contributed by atoms with Crippen molar-refractivity contribution >= 4 is 28.9 Å². The first-order valence-electron chi connectivity index (χ1n) is 5.52. The monoisotopic (exact) mass is 263 g/mol. The van der Waals surface area contributed by atoms with Gasteiger partial charge in [-0.25, -0.2) is 0 Å². The molecule has 3 rings (SSSR count). The van der Waals surface area contributed by atoms with Crippen LogP contribution in [0.3, 0.4) is 0 Å². The van der Waals surface area contributed by atoms with Crippen LogP contribution in [0.5, 0.6) is 0 Å². The van der Waals surface area contributed by atoms with Gasteiger partial charge in [-0.05, 0) is 35.9 Å². The van der Waals surface area contributed by atoms with Crippen LogP contribution in [0.4, 0.5) is 5.69 Å². The lowest BCUT2D eigenvalue weighted by atomic mass is 10.1. The van der Waals surface area contributed by atoms with Gasteiger partial charge in [0.2, 0.25) is 0 Å². The van der Waals surface area contributed by atoms with E-state index in [4.69, 9.17) is 23.2 Å². The van der Waals surface area contributed by atoms with E-state index in [1.54, 1.807) is 0 Å². The van der Waals surface area contributed by atoms with Gasteiger partial charge in [-0.15, -0.1) is 0 Å². The molecular formula is C14H11Cl2N. The van der Waals surface area contributed by atoms with Crippen LogP contribution >= 0.6 is 23.2 Å². The average molecular weight is 264 g/mol. The van der Waals surface area contributed by atoms with Gasteiger partial charge in [-0.3, -0.25) is 0 Å². The number of benzene rings is 2. The number of hydrogen-bond acceptors (Lipinski definition) is 1. The van der Waals surface area contributed by atoms with Crippen LogP contribution in [0.2, 0.25) is 10.0 Å². The molecule has 0 saturated carbocycles. The van der Waals surface area contributed by atoms with Gasteiger partial charge in [0.15, 0.2) is 0 Å². The third kappa shape index (κ3) is 2.13. The maximum atomic E-state index is 6.19. The van der Waals surface area contributed by atoms with Crippen LogP contribution in [0.1, 0.15) is 11.6 Å². The Labute approximate surface area is 111 Å². The average Bonchev–Trinajstić information content (AvgIpc) is 3.11. The minimum atomic E-state index is 0.407. The first-order valence-corrected chi connectivity index (χ1v) is 6.28. The summed E-state index contributed by atoms with van der Waals surface area (Å²) in [4.78, 5) is 2.30. The minimum Gasteiger partial charge on any atom is -0.360 e. The van der Waals surface area contributed by atoms with Crippen LogP contribution in [0.15, 0.2) is 48.5 Å². The molecule has 1 saturated heterocycles. The number of hydrogen-bond donors (Lipinski definition) is 0. The maximum Gasteiger partial charge on any atom is 0.0733 e. The van der Waals surface area contributed by atoms with Crippen molar-refractivity contribution in [1.29, 1.82) is 0 Å². The van der Waals surface area contributed by atoms with E-state index in [1.807, 2.05) is 42.5 Å². The molecule has 0 amide bonds. The van der Waals surface area contributed by atoms with E-state index in [2.05, 4.69) is 11.0 Å². The molecule has 0 spiro atoms. The number of halogens is 2. The summed E-state index contributed by atoms with van der Waals surface area (Å²) in [7, 11) is 0. The van der Waals surface area contributed by atoms with Crippen molar-refractivity contribution in [3.05, 3.63) is 64.1 Å². The molecule has 17 heavy (non-hydrogen) atoms. The summed E-state index contributed by atoms with van der Waals surface area (Å²) < 4.78 is 0. The largest absolute Gasteiger partial charge is 0.360 e. The predicted molar refractivity (Wildman–Crippen MR) is 73.0 cm³/mol. The van der Waals surface area contributed by atoms with Gasteiger partial charge in [-0.2, -0.15) is 0 Å². The van der Waals surface area contributed by atoms with E-state index in [9.17, 15) is 0 Å². The van der Waals surface area contributed by atoms with Crippen molar-refractivity contribution in [1.82, 2.24) is 0 Å². The quantitative estimate of drug-likeness (QED) is 0.719. The molecule has 0 radical (unpaired) electrons. The molecular weight excluding hydrogens is 253 g/mol. The zero-order valence-electron chi connectivity index (χ0n) is 9.11. The Morgan fingerprint density at radius 3 is 2.35 bits per heavy atom. The Bertz CT molecular complexity index is 536.